The van der Waals surface area contributed by atoms with Gasteiger partial charge >= 0.3 is 0 Å². The Bertz CT molecular complexity index is 635. The van der Waals surface area contributed by atoms with Gasteiger partial charge < -0.3 is 9.47 Å². The molecule has 0 N–H and O–H groups in total. The monoisotopic (exact) mass is 283 g/mol. The number of carbonyl (C=O) groups excluding carboxylic acids is 1. The lowest BCUT2D eigenvalue weighted by Gasteiger charge is -2.23. The molecule has 0 saturated carbocycles. The molecule has 1 atom stereocenters. The van der Waals surface area contributed by atoms with Crippen LogP contribution in [0.3, 0.4) is 0 Å². The maximum absolute atomic E-state index is 12.8. The number of nitrogens with zero attached hydrogens (tertiary/aromatic N) is 3. The van der Waals surface area contributed by atoms with Crippen molar-refractivity contribution in [3.63, 3.8) is 0 Å². The first-order valence-electron chi connectivity index (χ1n) is 7.46. The summed E-state index contributed by atoms with van der Waals surface area (Å²) >= 11 is 0. The number of rotatable bonds is 3. The summed E-state index contributed by atoms with van der Waals surface area (Å²) in [5.41, 5.74) is 2.51. The van der Waals surface area contributed by atoms with Gasteiger partial charge in [-0.05, 0) is 18.1 Å². The molecule has 0 spiro atoms. The van der Waals surface area contributed by atoms with Crippen LogP contribution in [0.25, 0.3) is 0 Å². The molecule has 4 nitrogen and oxygen atoms in total. The van der Waals surface area contributed by atoms with Crippen molar-refractivity contribution in [3.8, 4) is 0 Å². The average molecular weight is 283 g/mol. The number of aromatic nitrogens is 2. The number of amides is 1. The van der Waals surface area contributed by atoms with Gasteiger partial charge in [0, 0.05) is 31.4 Å². The smallest absolute Gasteiger partial charge is 0.245 e. The average Bonchev–Trinajstić information content (AvgIpc) is 3.11. The third-order valence-electron chi connectivity index (χ3n) is 4.14. The van der Waals surface area contributed by atoms with E-state index in [2.05, 4.69) is 31.0 Å². The minimum atomic E-state index is -0.209. The zero-order valence-electron chi connectivity index (χ0n) is 12.8. The van der Waals surface area contributed by atoms with Crippen molar-refractivity contribution in [2.45, 2.75) is 45.8 Å². The number of fused-ring (bicyclic) bond motifs is 1. The number of hydrogen-bond acceptors (Lipinski definition) is 2. The first-order chi connectivity index (χ1) is 10.1. The first kappa shape index (κ1) is 13.9. The molecule has 0 saturated heterocycles. The molecule has 0 bridgehead atoms. The van der Waals surface area contributed by atoms with Crippen LogP contribution < -0.4 is 0 Å². The van der Waals surface area contributed by atoms with E-state index in [0.717, 1.165) is 5.82 Å². The van der Waals surface area contributed by atoms with Gasteiger partial charge in [0.15, 0.2) is 0 Å². The minimum absolute atomic E-state index is 0.158. The summed E-state index contributed by atoms with van der Waals surface area (Å²) in [4.78, 5) is 19.1. The lowest BCUT2D eigenvalue weighted by atomic mass is 10.1. The molecular formula is C17H21N3O. The van der Waals surface area contributed by atoms with Gasteiger partial charge in [-0.1, -0.05) is 38.1 Å². The second-order valence-corrected chi connectivity index (χ2v) is 5.99. The number of imidazole rings is 1. The lowest BCUT2D eigenvalue weighted by molar-refractivity contribution is -0.135. The molecule has 0 unspecified atom stereocenters. The van der Waals surface area contributed by atoms with Crippen molar-refractivity contribution in [3.05, 3.63) is 53.6 Å². The van der Waals surface area contributed by atoms with Gasteiger partial charge in [0.1, 0.15) is 11.9 Å². The topological polar surface area (TPSA) is 38.1 Å². The Morgan fingerprint density at radius 1 is 1.14 bits per heavy atom. The van der Waals surface area contributed by atoms with E-state index in [1.165, 1.54) is 11.1 Å². The van der Waals surface area contributed by atoms with E-state index < -0.39 is 0 Å². The molecule has 4 heteroatoms. The van der Waals surface area contributed by atoms with Crippen LogP contribution in [0.1, 0.15) is 49.7 Å². The largest absolute Gasteiger partial charge is 0.332 e. The molecule has 21 heavy (non-hydrogen) atoms. The molecule has 3 rings (SSSR count). The summed E-state index contributed by atoms with van der Waals surface area (Å²) < 4.78 is 2.00. The van der Waals surface area contributed by atoms with Gasteiger partial charge in [0.05, 0.1) is 0 Å². The maximum atomic E-state index is 12.8. The van der Waals surface area contributed by atoms with Gasteiger partial charge in [-0.25, -0.2) is 4.98 Å². The van der Waals surface area contributed by atoms with E-state index in [1.54, 1.807) is 6.20 Å². The van der Waals surface area contributed by atoms with E-state index in [4.69, 9.17) is 0 Å². The Labute approximate surface area is 125 Å². The van der Waals surface area contributed by atoms with Gasteiger partial charge in [-0.2, -0.15) is 0 Å². The highest BCUT2D eigenvalue weighted by Crippen LogP contribution is 2.26. The predicted octanol–water partition coefficient (Wildman–Crippen LogP) is 3.11. The molecule has 0 fully saturated rings. The molecular weight excluding hydrogens is 262 g/mol. The van der Waals surface area contributed by atoms with Gasteiger partial charge in [0.2, 0.25) is 5.91 Å². The SMILES string of the molecule is CC(C)c1nccn1[C@@H](C)C(=O)N1Cc2ccccc2C1. The van der Waals surface area contributed by atoms with Crippen molar-refractivity contribution < 1.29 is 4.79 Å². The summed E-state index contributed by atoms with van der Waals surface area (Å²) in [6, 6.07) is 8.05. The van der Waals surface area contributed by atoms with Crippen LogP contribution in [0.4, 0.5) is 0 Å². The fourth-order valence-electron chi connectivity index (χ4n) is 2.97. The number of carbonyl (C=O) groups is 1. The highest BCUT2D eigenvalue weighted by atomic mass is 16.2. The maximum Gasteiger partial charge on any atom is 0.245 e. The molecule has 0 radical (unpaired) electrons. The fraction of sp³-hybridized carbons (Fsp3) is 0.412. The molecule has 1 amide bonds. The lowest BCUT2D eigenvalue weighted by Crippen LogP contribution is -2.32. The third-order valence-corrected chi connectivity index (χ3v) is 4.14. The molecule has 1 aliphatic rings. The quantitative estimate of drug-likeness (QED) is 0.868. The Morgan fingerprint density at radius 3 is 2.33 bits per heavy atom. The first-order valence-corrected chi connectivity index (χ1v) is 7.46. The molecule has 2 heterocycles. The zero-order valence-corrected chi connectivity index (χ0v) is 12.8. The number of benzene rings is 1. The van der Waals surface area contributed by atoms with Crippen molar-refractivity contribution in [2.75, 3.05) is 0 Å². The normalized spacial score (nSPS) is 15.3. The van der Waals surface area contributed by atoms with Crippen LogP contribution >= 0.6 is 0 Å². The Morgan fingerprint density at radius 2 is 1.76 bits per heavy atom. The second kappa shape index (κ2) is 5.35. The Kier molecular flexibility index (Phi) is 3.53. The minimum Gasteiger partial charge on any atom is -0.332 e. The van der Waals surface area contributed by atoms with Gasteiger partial charge in [-0.15, -0.1) is 0 Å². The molecule has 1 aromatic heterocycles. The summed E-state index contributed by atoms with van der Waals surface area (Å²) in [6.07, 6.45) is 3.68. The van der Waals surface area contributed by atoms with Crippen molar-refractivity contribution in [2.24, 2.45) is 0 Å². The third kappa shape index (κ3) is 2.46. The van der Waals surface area contributed by atoms with Crippen LogP contribution in [-0.2, 0) is 17.9 Å². The molecule has 2 aromatic rings. The summed E-state index contributed by atoms with van der Waals surface area (Å²) in [5.74, 6) is 1.43. The Hall–Kier alpha value is -2.10. The highest BCUT2D eigenvalue weighted by molar-refractivity contribution is 5.80. The summed E-state index contributed by atoms with van der Waals surface area (Å²) in [7, 11) is 0. The zero-order chi connectivity index (χ0) is 15.0. The number of hydrogen-bond donors (Lipinski definition) is 0. The van der Waals surface area contributed by atoms with E-state index in [9.17, 15) is 4.79 Å². The van der Waals surface area contributed by atoms with Crippen LogP contribution in [-0.4, -0.2) is 20.4 Å². The van der Waals surface area contributed by atoms with Crippen molar-refractivity contribution in [1.29, 1.82) is 0 Å². The van der Waals surface area contributed by atoms with E-state index >= 15 is 0 Å². The molecule has 1 aromatic carbocycles. The fourth-order valence-corrected chi connectivity index (χ4v) is 2.97. The molecule has 0 aliphatic carbocycles. The molecule has 1 aliphatic heterocycles. The standard InChI is InChI=1S/C17H21N3O/c1-12(2)16-18-8-9-20(16)13(3)17(21)19-10-14-6-4-5-7-15(14)11-19/h4-9,12-13H,10-11H2,1-3H3/t13-/m0/s1. The highest BCUT2D eigenvalue weighted by Gasteiger charge is 2.28. The van der Waals surface area contributed by atoms with Crippen LogP contribution in [0.5, 0.6) is 0 Å². The van der Waals surface area contributed by atoms with E-state index in [0.29, 0.717) is 19.0 Å². The van der Waals surface area contributed by atoms with Crippen LogP contribution in [0.15, 0.2) is 36.7 Å². The van der Waals surface area contributed by atoms with Crippen LogP contribution in [0, 0.1) is 0 Å². The molecule has 110 valence electrons. The van der Waals surface area contributed by atoms with Crippen LogP contribution in [0.2, 0.25) is 0 Å². The van der Waals surface area contributed by atoms with Gasteiger partial charge in [0.25, 0.3) is 0 Å². The predicted molar refractivity (Wildman–Crippen MR) is 81.7 cm³/mol. The summed E-state index contributed by atoms with van der Waals surface area (Å²) in [6.45, 7) is 7.58. The van der Waals surface area contributed by atoms with E-state index in [-0.39, 0.29) is 11.9 Å². The van der Waals surface area contributed by atoms with Crippen molar-refractivity contribution in [1.82, 2.24) is 14.5 Å². The van der Waals surface area contributed by atoms with Crippen molar-refractivity contribution >= 4 is 5.91 Å². The Balaban J connectivity index is 1.79. The second-order valence-electron chi connectivity index (χ2n) is 5.99. The van der Waals surface area contributed by atoms with E-state index in [1.807, 2.05) is 34.7 Å². The summed E-state index contributed by atoms with van der Waals surface area (Å²) in [5, 5.41) is 0. The van der Waals surface area contributed by atoms with Gasteiger partial charge in [-0.3, -0.25) is 4.79 Å².